The van der Waals surface area contributed by atoms with Crippen molar-refractivity contribution in [1.29, 1.82) is 0 Å². The summed E-state index contributed by atoms with van der Waals surface area (Å²) in [4.78, 5) is 14.1. The Kier molecular flexibility index (Phi) is 4.86. The summed E-state index contributed by atoms with van der Waals surface area (Å²) in [7, 11) is 0. The lowest BCUT2D eigenvalue weighted by Gasteiger charge is -2.28. The molecule has 0 atom stereocenters. The largest absolute Gasteiger partial charge is 0.507 e. The van der Waals surface area contributed by atoms with E-state index in [1.807, 2.05) is 25.7 Å². The van der Waals surface area contributed by atoms with E-state index in [2.05, 4.69) is 10.2 Å². The molecule has 0 aliphatic carbocycles. The highest BCUT2D eigenvalue weighted by atomic mass is 35.5. The molecule has 1 aliphatic heterocycles. The number of phenolic OH excluding ortho intramolecular Hbond substituents is 2. The number of aromatic nitrogens is 2. The highest BCUT2D eigenvalue weighted by molar-refractivity contribution is 6.32. The van der Waals surface area contributed by atoms with Gasteiger partial charge in [0.25, 0.3) is 0 Å². The average molecular weight is 380 g/mol. The van der Waals surface area contributed by atoms with Crippen molar-refractivity contribution in [3.63, 3.8) is 0 Å². The SMILES string of the molecule is CC(C)(C)OC(=O)CN1CCc2[nH]nc(-c3cc(Cl)c(O)cc3O)c2C1. The van der Waals surface area contributed by atoms with E-state index in [-0.39, 0.29) is 29.0 Å². The molecule has 0 bridgehead atoms. The first kappa shape index (κ1) is 18.5. The molecule has 1 aromatic carbocycles. The molecule has 0 saturated heterocycles. The predicted octanol–water partition coefficient (Wildman–Crippen LogP) is 2.84. The smallest absolute Gasteiger partial charge is 0.320 e. The molecule has 140 valence electrons. The Morgan fingerprint density at radius 3 is 2.77 bits per heavy atom. The number of benzene rings is 1. The summed E-state index contributed by atoms with van der Waals surface area (Å²) >= 11 is 5.97. The number of hydrogen-bond donors (Lipinski definition) is 3. The lowest BCUT2D eigenvalue weighted by Crippen LogP contribution is -2.37. The number of ether oxygens (including phenoxy) is 1. The van der Waals surface area contributed by atoms with E-state index in [9.17, 15) is 15.0 Å². The number of nitrogens with zero attached hydrogens (tertiary/aromatic N) is 2. The van der Waals surface area contributed by atoms with Crippen LogP contribution in [0.4, 0.5) is 0 Å². The molecule has 1 aromatic heterocycles. The third-order valence-corrected chi connectivity index (χ3v) is 4.41. The van der Waals surface area contributed by atoms with Crippen LogP contribution in [0, 0.1) is 0 Å². The van der Waals surface area contributed by atoms with Crippen LogP contribution in [-0.2, 0) is 22.5 Å². The number of phenols is 2. The summed E-state index contributed by atoms with van der Waals surface area (Å²) in [6, 6.07) is 2.68. The maximum absolute atomic E-state index is 12.1. The van der Waals surface area contributed by atoms with Gasteiger partial charge in [0, 0.05) is 42.4 Å². The Labute approximate surface area is 156 Å². The molecular weight excluding hydrogens is 358 g/mol. The van der Waals surface area contributed by atoms with Gasteiger partial charge in [0.1, 0.15) is 22.8 Å². The van der Waals surface area contributed by atoms with Crippen LogP contribution in [0.1, 0.15) is 32.0 Å². The van der Waals surface area contributed by atoms with Crippen molar-refractivity contribution < 1.29 is 19.7 Å². The second kappa shape index (κ2) is 6.81. The minimum Gasteiger partial charge on any atom is -0.507 e. The van der Waals surface area contributed by atoms with Crippen LogP contribution in [0.5, 0.6) is 11.5 Å². The molecule has 2 aromatic rings. The molecule has 26 heavy (non-hydrogen) atoms. The Bertz CT molecular complexity index is 842. The fraction of sp³-hybridized carbons (Fsp3) is 0.444. The molecule has 0 saturated carbocycles. The monoisotopic (exact) mass is 379 g/mol. The van der Waals surface area contributed by atoms with Crippen LogP contribution >= 0.6 is 11.6 Å². The van der Waals surface area contributed by atoms with Gasteiger partial charge in [0.2, 0.25) is 0 Å². The van der Waals surface area contributed by atoms with Crippen molar-refractivity contribution in [2.24, 2.45) is 0 Å². The van der Waals surface area contributed by atoms with Crippen LogP contribution in [0.15, 0.2) is 12.1 Å². The molecule has 0 spiro atoms. The van der Waals surface area contributed by atoms with E-state index >= 15 is 0 Å². The zero-order valence-corrected chi connectivity index (χ0v) is 15.7. The normalized spacial score (nSPS) is 14.9. The highest BCUT2D eigenvalue weighted by Crippen LogP contribution is 2.39. The topological polar surface area (TPSA) is 98.7 Å². The first-order valence-electron chi connectivity index (χ1n) is 8.36. The number of aromatic hydroxyl groups is 2. The van der Waals surface area contributed by atoms with Gasteiger partial charge in [0.05, 0.1) is 11.6 Å². The second-order valence-electron chi connectivity index (χ2n) is 7.40. The summed E-state index contributed by atoms with van der Waals surface area (Å²) in [6.07, 6.45) is 0.706. The van der Waals surface area contributed by atoms with Crippen LogP contribution < -0.4 is 0 Å². The summed E-state index contributed by atoms with van der Waals surface area (Å²) in [5, 5.41) is 27.2. The molecule has 8 heteroatoms. The number of rotatable bonds is 3. The quantitative estimate of drug-likeness (QED) is 0.709. The van der Waals surface area contributed by atoms with Gasteiger partial charge in [-0.15, -0.1) is 0 Å². The average Bonchev–Trinajstić information content (AvgIpc) is 2.92. The summed E-state index contributed by atoms with van der Waals surface area (Å²) in [6.45, 7) is 6.90. The van der Waals surface area contributed by atoms with Crippen LogP contribution in [0.25, 0.3) is 11.3 Å². The summed E-state index contributed by atoms with van der Waals surface area (Å²) in [5.41, 5.74) is 2.34. The van der Waals surface area contributed by atoms with Crippen molar-refractivity contribution in [2.45, 2.75) is 39.3 Å². The van der Waals surface area contributed by atoms with Crippen LogP contribution in [0.3, 0.4) is 0 Å². The fourth-order valence-electron chi connectivity index (χ4n) is 3.01. The number of hydrogen-bond acceptors (Lipinski definition) is 6. The number of halogens is 1. The first-order valence-corrected chi connectivity index (χ1v) is 8.74. The predicted molar refractivity (Wildman–Crippen MR) is 97.2 cm³/mol. The third kappa shape index (κ3) is 3.94. The minimum atomic E-state index is -0.520. The molecule has 1 aliphatic rings. The standard InChI is InChI=1S/C18H22ClN3O4/c1-18(2,3)26-16(25)9-22-5-4-13-11(8-22)17(21-20-13)10-6-12(19)15(24)7-14(10)23/h6-7,23-24H,4-5,8-9H2,1-3H3,(H,20,21). The molecule has 0 unspecified atom stereocenters. The molecule has 0 fully saturated rings. The maximum atomic E-state index is 12.1. The third-order valence-electron chi connectivity index (χ3n) is 4.11. The fourth-order valence-corrected chi connectivity index (χ4v) is 3.17. The number of esters is 1. The first-order chi connectivity index (χ1) is 12.1. The Hall–Kier alpha value is -2.25. The lowest BCUT2D eigenvalue weighted by molar-refractivity contribution is -0.156. The molecule has 0 radical (unpaired) electrons. The van der Waals surface area contributed by atoms with E-state index in [0.29, 0.717) is 30.8 Å². The van der Waals surface area contributed by atoms with Gasteiger partial charge in [-0.3, -0.25) is 14.8 Å². The van der Waals surface area contributed by atoms with E-state index in [1.165, 1.54) is 12.1 Å². The van der Waals surface area contributed by atoms with Gasteiger partial charge in [-0.25, -0.2) is 0 Å². The molecule has 0 amide bonds. The van der Waals surface area contributed by atoms with E-state index in [4.69, 9.17) is 16.3 Å². The number of carbonyl (C=O) groups is 1. The van der Waals surface area contributed by atoms with Gasteiger partial charge < -0.3 is 14.9 Å². The number of carbonyl (C=O) groups excluding carboxylic acids is 1. The zero-order valence-electron chi connectivity index (χ0n) is 15.0. The van der Waals surface area contributed by atoms with Crippen molar-refractivity contribution >= 4 is 17.6 Å². The van der Waals surface area contributed by atoms with Crippen molar-refractivity contribution in [3.05, 3.63) is 28.4 Å². The van der Waals surface area contributed by atoms with Crippen LogP contribution in [0.2, 0.25) is 5.02 Å². The molecule has 7 nitrogen and oxygen atoms in total. The van der Waals surface area contributed by atoms with E-state index in [1.54, 1.807) is 0 Å². The number of fused-ring (bicyclic) bond motifs is 1. The van der Waals surface area contributed by atoms with Crippen molar-refractivity contribution in [2.75, 3.05) is 13.1 Å². The number of H-pyrrole nitrogens is 1. The van der Waals surface area contributed by atoms with Gasteiger partial charge in [0.15, 0.2) is 0 Å². The number of aromatic amines is 1. The molecular formula is C18H22ClN3O4. The van der Waals surface area contributed by atoms with Crippen molar-refractivity contribution in [1.82, 2.24) is 15.1 Å². The maximum Gasteiger partial charge on any atom is 0.320 e. The Balaban J connectivity index is 1.83. The summed E-state index contributed by atoms with van der Waals surface area (Å²) < 4.78 is 5.38. The minimum absolute atomic E-state index is 0.106. The summed E-state index contributed by atoms with van der Waals surface area (Å²) in [5.74, 6) is -0.573. The van der Waals surface area contributed by atoms with Gasteiger partial charge in [-0.2, -0.15) is 5.10 Å². The van der Waals surface area contributed by atoms with Gasteiger partial charge in [-0.05, 0) is 26.8 Å². The van der Waals surface area contributed by atoms with E-state index in [0.717, 1.165) is 11.3 Å². The van der Waals surface area contributed by atoms with Gasteiger partial charge in [-0.1, -0.05) is 11.6 Å². The second-order valence-corrected chi connectivity index (χ2v) is 7.80. The molecule has 3 rings (SSSR count). The zero-order chi connectivity index (χ0) is 19.1. The molecule has 2 heterocycles. The van der Waals surface area contributed by atoms with Crippen LogP contribution in [-0.4, -0.2) is 50.0 Å². The lowest BCUT2D eigenvalue weighted by atomic mass is 10.00. The molecule has 3 N–H and O–H groups in total. The van der Waals surface area contributed by atoms with E-state index < -0.39 is 5.60 Å². The Morgan fingerprint density at radius 2 is 2.08 bits per heavy atom. The van der Waals surface area contributed by atoms with Crippen molar-refractivity contribution in [3.8, 4) is 22.8 Å². The Morgan fingerprint density at radius 1 is 1.35 bits per heavy atom. The van der Waals surface area contributed by atoms with Gasteiger partial charge >= 0.3 is 5.97 Å². The number of nitrogens with one attached hydrogen (secondary N) is 1. The highest BCUT2D eigenvalue weighted by Gasteiger charge is 2.27.